The summed E-state index contributed by atoms with van der Waals surface area (Å²) in [4.78, 5) is 2.28. The van der Waals surface area contributed by atoms with E-state index in [4.69, 9.17) is 16.1 Å². The summed E-state index contributed by atoms with van der Waals surface area (Å²) in [5, 5.41) is 7.96. The number of halogens is 1. The molecule has 0 spiro atoms. The lowest BCUT2D eigenvalue weighted by atomic mass is 10.1. The molecule has 2 aromatic rings. The van der Waals surface area contributed by atoms with E-state index >= 15 is 0 Å². The fourth-order valence-corrected chi connectivity index (χ4v) is 2.39. The molecular weight excluding hydrogens is 250 g/mol. The van der Waals surface area contributed by atoms with Gasteiger partial charge in [-0.15, -0.1) is 0 Å². The van der Waals surface area contributed by atoms with Crippen LogP contribution in [0.3, 0.4) is 0 Å². The highest BCUT2D eigenvalue weighted by Gasteiger charge is 2.18. The van der Waals surface area contributed by atoms with Crippen LogP contribution in [0.4, 0.5) is 5.69 Å². The van der Waals surface area contributed by atoms with Gasteiger partial charge >= 0.3 is 0 Å². The van der Waals surface area contributed by atoms with E-state index in [1.54, 1.807) is 6.20 Å². The summed E-state index contributed by atoms with van der Waals surface area (Å²) in [7, 11) is 0. The highest BCUT2D eigenvalue weighted by Crippen LogP contribution is 2.32. The number of nitrogens with zero attached hydrogens (tertiary/aromatic N) is 2. The topological polar surface area (TPSA) is 41.3 Å². The molecule has 94 valence electrons. The Bertz CT molecular complexity index is 535. The molecule has 5 heteroatoms. The maximum atomic E-state index is 6.01. The Morgan fingerprint density at radius 2 is 2.11 bits per heavy atom. The van der Waals surface area contributed by atoms with Crippen molar-refractivity contribution < 1.29 is 4.52 Å². The van der Waals surface area contributed by atoms with Gasteiger partial charge in [0.15, 0.2) is 5.76 Å². The van der Waals surface area contributed by atoms with E-state index < -0.39 is 0 Å². The number of piperazine rings is 1. The molecule has 0 atom stereocenters. The molecule has 1 fully saturated rings. The molecule has 4 nitrogen and oxygen atoms in total. The van der Waals surface area contributed by atoms with E-state index in [2.05, 4.69) is 15.4 Å². The normalized spacial score (nSPS) is 15.9. The number of anilines is 1. The molecule has 2 heterocycles. The van der Waals surface area contributed by atoms with E-state index in [0.29, 0.717) is 5.02 Å². The quantitative estimate of drug-likeness (QED) is 0.903. The van der Waals surface area contributed by atoms with Crippen LogP contribution in [-0.4, -0.2) is 31.3 Å². The van der Waals surface area contributed by atoms with E-state index in [1.165, 1.54) is 0 Å². The predicted octanol–water partition coefficient (Wildman–Crippen LogP) is 2.40. The van der Waals surface area contributed by atoms with Crippen molar-refractivity contribution in [3.8, 4) is 11.3 Å². The minimum absolute atomic E-state index is 0.704. The molecule has 0 amide bonds. The maximum Gasteiger partial charge on any atom is 0.190 e. The van der Waals surface area contributed by atoms with Gasteiger partial charge in [-0.1, -0.05) is 28.9 Å². The second-order valence-electron chi connectivity index (χ2n) is 4.29. The van der Waals surface area contributed by atoms with Gasteiger partial charge < -0.3 is 14.7 Å². The van der Waals surface area contributed by atoms with Gasteiger partial charge in [-0.2, -0.15) is 0 Å². The monoisotopic (exact) mass is 263 g/mol. The summed E-state index contributed by atoms with van der Waals surface area (Å²) in [6.45, 7) is 3.91. The lowest BCUT2D eigenvalue weighted by Gasteiger charge is -2.28. The van der Waals surface area contributed by atoms with Crippen LogP contribution in [0.25, 0.3) is 11.3 Å². The lowest BCUT2D eigenvalue weighted by Crippen LogP contribution is -2.43. The third-order valence-electron chi connectivity index (χ3n) is 3.10. The van der Waals surface area contributed by atoms with Crippen LogP contribution in [0, 0.1) is 0 Å². The summed E-state index contributed by atoms with van der Waals surface area (Å²) in [6.07, 6.45) is 1.78. The number of rotatable bonds is 2. The molecule has 0 unspecified atom stereocenters. The van der Waals surface area contributed by atoms with Crippen LogP contribution in [0.1, 0.15) is 0 Å². The zero-order chi connectivity index (χ0) is 12.4. The number of hydrogen-bond donors (Lipinski definition) is 1. The largest absolute Gasteiger partial charge is 0.365 e. The van der Waals surface area contributed by atoms with Crippen molar-refractivity contribution in [3.63, 3.8) is 0 Å². The average molecular weight is 264 g/mol. The molecule has 1 saturated heterocycles. The van der Waals surface area contributed by atoms with Crippen LogP contribution in [0.5, 0.6) is 0 Å². The van der Waals surface area contributed by atoms with E-state index in [-0.39, 0.29) is 0 Å². The van der Waals surface area contributed by atoms with Crippen LogP contribution in [0.2, 0.25) is 5.02 Å². The number of hydrogen-bond acceptors (Lipinski definition) is 4. The van der Waals surface area contributed by atoms with Gasteiger partial charge in [-0.05, 0) is 12.1 Å². The Morgan fingerprint density at radius 1 is 1.28 bits per heavy atom. The lowest BCUT2D eigenvalue weighted by molar-refractivity contribution is 0.432. The van der Waals surface area contributed by atoms with Crippen LogP contribution in [-0.2, 0) is 0 Å². The smallest absolute Gasteiger partial charge is 0.190 e. The van der Waals surface area contributed by atoms with Gasteiger partial charge in [0.1, 0.15) is 5.69 Å². The fraction of sp³-hybridized carbons (Fsp3) is 0.308. The molecule has 0 saturated carbocycles. The first kappa shape index (κ1) is 11.6. The standard InChI is InChI=1S/C13H14ClN3O/c14-11-3-1-2-10(8-11)13-12(9-16-18-13)17-6-4-15-5-7-17/h1-3,8-9,15H,4-7H2. The second-order valence-corrected chi connectivity index (χ2v) is 4.72. The molecule has 1 N–H and O–H groups in total. The van der Waals surface area contributed by atoms with Crippen molar-refractivity contribution in [2.24, 2.45) is 0 Å². The average Bonchev–Trinajstić information content (AvgIpc) is 2.89. The molecule has 3 rings (SSSR count). The first-order valence-electron chi connectivity index (χ1n) is 6.01. The Balaban J connectivity index is 1.95. The van der Waals surface area contributed by atoms with E-state index in [9.17, 15) is 0 Å². The number of nitrogens with one attached hydrogen (secondary N) is 1. The van der Waals surface area contributed by atoms with Crippen molar-refractivity contribution >= 4 is 17.3 Å². The summed E-state index contributed by atoms with van der Waals surface area (Å²) in [6, 6.07) is 7.65. The molecule has 18 heavy (non-hydrogen) atoms. The van der Waals surface area contributed by atoms with Crippen molar-refractivity contribution in [1.29, 1.82) is 0 Å². The van der Waals surface area contributed by atoms with Crippen LogP contribution in [0.15, 0.2) is 35.0 Å². The molecule has 0 radical (unpaired) electrons. The first-order chi connectivity index (χ1) is 8.84. The summed E-state index contributed by atoms with van der Waals surface area (Å²) in [5.41, 5.74) is 2.01. The van der Waals surface area contributed by atoms with E-state index in [1.807, 2.05) is 24.3 Å². The van der Waals surface area contributed by atoms with Crippen molar-refractivity contribution in [1.82, 2.24) is 10.5 Å². The number of aromatic nitrogens is 1. The Kier molecular flexibility index (Phi) is 3.21. The molecule has 1 aliphatic rings. The minimum Gasteiger partial charge on any atom is -0.365 e. The van der Waals surface area contributed by atoms with Crippen LogP contribution >= 0.6 is 11.6 Å². The van der Waals surface area contributed by atoms with Gasteiger partial charge in [-0.25, -0.2) is 0 Å². The SMILES string of the molecule is Clc1cccc(-c2oncc2N2CCNCC2)c1. The summed E-state index contributed by atoms with van der Waals surface area (Å²) >= 11 is 6.01. The third-order valence-corrected chi connectivity index (χ3v) is 3.33. The molecule has 0 bridgehead atoms. The molecule has 0 aliphatic carbocycles. The van der Waals surface area contributed by atoms with Gasteiger partial charge in [0.25, 0.3) is 0 Å². The van der Waals surface area contributed by atoms with Crippen molar-refractivity contribution in [2.45, 2.75) is 0 Å². The third kappa shape index (κ3) is 2.21. The van der Waals surface area contributed by atoms with Crippen LogP contribution < -0.4 is 10.2 Å². The van der Waals surface area contributed by atoms with Gasteiger partial charge in [-0.3, -0.25) is 0 Å². The van der Waals surface area contributed by atoms with Gasteiger partial charge in [0.2, 0.25) is 0 Å². The fourth-order valence-electron chi connectivity index (χ4n) is 2.20. The maximum absolute atomic E-state index is 6.01. The van der Waals surface area contributed by atoms with Gasteiger partial charge in [0.05, 0.1) is 6.20 Å². The first-order valence-corrected chi connectivity index (χ1v) is 6.39. The highest BCUT2D eigenvalue weighted by atomic mass is 35.5. The van der Waals surface area contributed by atoms with Gasteiger partial charge in [0, 0.05) is 36.8 Å². The zero-order valence-electron chi connectivity index (χ0n) is 9.90. The Hall–Kier alpha value is -1.52. The molecule has 1 aliphatic heterocycles. The summed E-state index contributed by atoms with van der Waals surface area (Å²) < 4.78 is 5.39. The Morgan fingerprint density at radius 3 is 2.89 bits per heavy atom. The summed E-state index contributed by atoms with van der Waals surface area (Å²) in [5.74, 6) is 0.791. The molecular formula is C13H14ClN3O. The predicted molar refractivity (Wildman–Crippen MR) is 72.0 cm³/mol. The Labute approximate surface area is 111 Å². The van der Waals surface area contributed by atoms with Crippen molar-refractivity contribution in [2.75, 3.05) is 31.1 Å². The highest BCUT2D eigenvalue weighted by molar-refractivity contribution is 6.30. The van der Waals surface area contributed by atoms with Crippen molar-refractivity contribution in [3.05, 3.63) is 35.5 Å². The minimum atomic E-state index is 0.704. The second kappa shape index (κ2) is 5.00. The zero-order valence-corrected chi connectivity index (χ0v) is 10.7. The number of benzene rings is 1. The van der Waals surface area contributed by atoms with E-state index in [0.717, 1.165) is 43.2 Å². The molecule has 1 aromatic carbocycles. The molecule has 1 aromatic heterocycles.